The Morgan fingerprint density at radius 2 is 1.92 bits per heavy atom. The number of hydrogen-bond donors (Lipinski definition) is 1. The van der Waals surface area contributed by atoms with Gasteiger partial charge in [0.15, 0.2) is 0 Å². The van der Waals surface area contributed by atoms with Gasteiger partial charge in [-0.15, -0.1) is 12.4 Å². The highest BCUT2D eigenvalue weighted by Crippen LogP contribution is 2.28. The fraction of sp³-hybridized carbons (Fsp3) is 0.421. The van der Waals surface area contributed by atoms with Crippen molar-refractivity contribution in [3.05, 3.63) is 59.2 Å². The molecule has 1 saturated heterocycles. The zero-order chi connectivity index (χ0) is 17.3. The van der Waals surface area contributed by atoms with Gasteiger partial charge in [-0.2, -0.15) is 0 Å². The Kier molecular flexibility index (Phi) is 6.14. The lowest BCUT2D eigenvalue weighted by Gasteiger charge is -2.19. The third kappa shape index (κ3) is 3.99. The quantitative estimate of drug-likeness (QED) is 0.913. The molecular weight excluding hydrogens is 336 g/mol. The van der Waals surface area contributed by atoms with Crippen LogP contribution in [0.15, 0.2) is 36.5 Å². The number of benzene rings is 1. The lowest BCUT2D eigenvalue weighted by molar-refractivity contribution is 0.0786. The van der Waals surface area contributed by atoms with E-state index in [1.54, 1.807) is 6.20 Å². The highest BCUT2D eigenvalue weighted by Gasteiger charge is 2.35. The second-order valence-corrected chi connectivity index (χ2v) is 6.76. The Bertz CT molecular complexity index is 735. The Morgan fingerprint density at radius 3 is 2.56 bits per heavy atom. The summed E-state index contributed by atoms with van der Waals surface area (Å²) in [5, 5.41) is 0. The molecule has 3 rings (SSSR count). The molecule has 1 aromatic heterocycles. The molecule has 5 nitrogen and oxygen atoms in total. The van der Waals surface area contributed by atoms with Crippen LogP contribution < -0.4 is 5.73 Å². The van der Waals surface area contributed by atoms with Gasteiger partial charge in [0.25, 0.3) is 5.91 Å². The summed E-state index contributed by atoms with van der Waals surface area (Å²) in [5.41, 5.74) is 8.90. The van der Waals surface area contributed by atoms with Gasteiger partial charge in [-0.25, -0.2) is 9.97 Å². The van der Waals surface area contributed by atoms with Crippen molar-refractivity contribution in [2.24, 2.45) is 5.73 Å². The number of aryl methyl sites for hydroxylation is 1. The predicted octanol–water partition coefficient (Wildman–Crippen LogP) is 2.90. The van der Waals surface area contributed by atoms with Crippen molar-refractivity contribution in [3.8, 4) is 0 Å². The van der Waals surface area contributed by atoms with Crippen LogP contribution in [0.3, 0.4) is 0 Å². The molecule has 0 radical (unpaired) electrons. The third-order valence-electron chi connectivity index (χ3n) is 4.60. The molecule has 1 aliphatic rings. The topological polar surface area (TPSA) is 72.1 Å². The number of rotatable bonds is 3. The average Bonchev–Trinajstić information content (AvgIpc) is 2.96. The van der Waals surface area contributed by atoms with E-state index < -0.39 is 0 Å². The summed E-state index contributed by atoms with van der Waals surface area (Å²) in [6.45, 7) is 7.12. The van der Waals surface area contributed by atoms with Gasteiger partial charge in [-0.05, 0) is 18.4 Å². The monoisotopic (exact) mass is 360 g/mol. The average molecular weight is 361 g/mol. The van der Waals surface area contributed by atoms with Crippen LogP contribution in [0.4, 0.5) is 0 Å². The molecule has 0 bridgehead atoms. The maximum Gasteiger partial charge on any atom is 0.257 e. The minimum absolute atomic E-state index is 0. The Hall–Kier alpha value is -1.98. The molecule has 0 aliphatic carbocycles. The standard InChI is InChI=1S/C19H24N4O.ClH/c1-12(2)18-15(9-21-13(3)22-18)19(24)23-10-16(17(20)11-23)14-7-5-4-6-8-14;/h4-9,12,16-17H,10-11,20H2,1-3H3;1H/t16-,17+;/m0./s1. The number of nitrogens with zero attached hydrogens (tertiary/aromatic N) is 3. The van der Waals surface area contributed by atoms with Gasteiger partial charge in [0.2, 0.25) is 0 Å². The van der Waals surface area contributed by atoms with Crippen molar-refractivity contribution < 1.29 is 4.79 Å². The largest absolute Gasteiger partial charge is 0.336 e. The lowest BCUT2D eigenvalue weighted by Crippen LogP contribution is -2.33. The smallest absolute Gasteiger partial charge is 0.257 e. The van der Waals surface area contributed by atoms with Crippen molar-refractivity contribution in [2.75, 3.05) is 13.1 Å². The van der Waals surface area contributed by atoms with Crippen molar-refractivity contribution >= 4 is 18.3 Å². The fourth-order valence-corrected chi connectivity index (χ4v) is 3.31. The fourth-order valence-electron chi connectivity index (χ4n) is 3.31. The first-order chi connectivity index (χ1) is 11.5. The van der Waals surface area contributed by atoms with Gasteiger partial charge in [0.05, 0.1) is 11.3 Å². The van der Waals surface area contributed by atoms with Crippen molar-refractivity contribution in [1.82, 2.24) is 14.9 Å². The second-order valence-electron chi connectivity index (χ2n) is 6.76. The van der Waals surface area contributed by atoms with E-state index >= 15 is 0 Å². The summed E-state index contributed by atoms with van der Waals surface area (Å²) >= 11 is 0. The molecule has 1 fully saturated rings. The SMILES string of the molecule is Cc1ncc(C(=O)N2C[C@@H](N)[C@H](c3ccccc3)C2)c(C(C)C)n1.Cl. The molecule has 2 atom stereocenters. The van der Waals surface area contributed by atoms with Crippen LogP contribution in [-0.4, -0.2) is 39.9 Å². The summed E-state index contributed by atoms with van der Waals surface area (Å²) in [6.07, 6.45) is 1.65. The zero-order valence-electron chi connectivity index (χ0n) is 14.8. The Balaban J connectivity index is 0.00000225. The predicted molar refractivity (Wildman–Crippen MR) is 101 cm³/mol. The molecule has 25 heavy (non-hydrogen) atoms. The first-order valence-corrected chi connectivity index (χ1v) is 8.40. The van der Waals surface area contributed by atoms with Gasteiger partial charge >= 0.3 is 0 Å². The second kappa shape index (κ2) is 7.93. The molecule has 6 heteroatoms. The number of aromatic nitrogens is 2. The molecule has 1 aromatic carbocycles. The number of carbonyl (C=O) groups excluding carboxylic acids is 1. The molecule has 0 unspecified atom stereocenters. The van der Waals surface area contributed by atoms with Gasteiger partial charge < -0.3 is 10.6 Å². The first kappa shape index (κ1) is 19.3. The van der Waals surface area contributed by atoms with E-state index in [9.17, 15) is 4.79 Å². The molecule has 1 amide bonds. The summed E-state index contributed by atoms with van der Waals surface area (Å²) < 4.78 is 0. The van der Waals surface area contributed by atoms with Crippen LogP contribution in [0.1, 0.15) is 53.1 Å². The first-order valence-electron chi connectivity index (χ1n) is 8.40. The van der Waals surface area contributed by atoms with Gasteiger partial charge in [-0.1, -0.05) is 44.2 Å². The molecule has 2 aromatic rings. The highest BCUT2D eigenvalue weighted by atomic mass is 35.5. The van der Waals surface area contributed by atoms with Gasteiger partial charge in [0.1, 0.15) is 5.82 Å². The molecular formula is C19H25ClN4O. The molecule has 0 saturated carbocycles. The third-order valence-corrected chi connectivity index (χ3v) is 4.60. The van der Waals surface area contributed by atoms with Gasteiger partial charge in [0, 0.05) is 31.2 Å². The van der Waals surface area contributed by atoms with Crippen molar-refractivity contribution in [3.63, 3.8) is 0 Å². The van der Waals surface area contributed by atoms with E-state index in [0.717, 1.165) is 5.69 Å². The Labute approximate surface area is 155 Å². The van der Waals surface area contributed by atoms with Crippen LogP contribution in [-0.2, 0) is 0 Å². The van der Waals surface area contributed by atoms with E-state index in [4.69, 9.17) is 5.73 Å². The van der Waals surface area contributed by atoms with Crippen LogP contribution in [0.25, 0.3) is 0 Å². The van der Waals surface area contributed by atoms with Crippen LogP contribution in [0, 0.1) is 6.92 Å². The van der Waals surface area contributed by atoms with E-state index in [1.807, 2.05) is 43.9 Å². The number of carbonyl (C=O) groups is 1. The van der Waals surface area contributed by atoms with Crippen LogP contribution in [0.5, 0.6) is 0 Å². The number of halogens is 1. The Morgan fingerprint density at radius 1 is 1.24 bits per heavy atom. The van der Waals surface area contributed by atoms with E-state index in [-0.39, 0.29) is 36.2 Å². The summed E-state index contributed by atoms with van der Waals surface area (Å²) in [4.78, 5) is 23.5. The van der Waals surface area contributed by atoms with Crippen LogP contribution >= 0.6 is 12.4 Å². The minimum atomic E-state index is -0.0507. The van der Waals surface area contributed by atoms with Crippen LogP contribution in [0.2, 0.25) is 0 Å². The number of nitrogens with two attached hydrogens (primary N) is 1. The normalized spacial score (nSPS) is 19.8. The summed E-state index contributed by atoms with van der Waals surface area (Å²) in [7, 11) is 0. The molecule has 134 valence electrons. The zero-order valence-corrected chi connectivity index (χ0v) is 15.7. The van der Waals surface area contributed by atoms with E-state index in [1.165, 1.54) is 5.56 Å². The maximum absolute atomic E-state index is 13.0. The molecule has 1 aliphatic heterocycles. The molecule has 0 spiro atoms. The van der Waals surface area contributed by atoms with Crippen molar-refractivity contribution in [1.29, 1.82) is 0 Å². The lowest BCUT2D eigenvalue weighted by atomic mass is 9.95. The summed E-state index contributed by atoms with van der Waals surface area (Å²) in [5.74, 6) is 1.01. The molecule has 2 heterocycles. The van der Waals surface area contributed by atoms with Gasteiger partial charge in [-0.3, -0.25) is 4.79 Å². The summed E-state index contributed by atoms with van der Waals surface area (Å²) in [6, 6.07) is 10.1. The van der Waals surface area contributed by atoms with E-state index in [0.29, 0.717) is 24.5 Å². The molecule has 2 N–H and O–H groups in total. The number of amides is 1. The maximum atomic E-state index is 13.0. The number of likely N-dealkylation sites (tertiary alicyclic amines) is 1. The minimum Gasteiger partial charge on any atom is -0.336 e. The highest BCUT2D eigenvalue weighted by molar-refractivity contribution is 5.95. The van der Waals surface area contributed by atoms with Crippen molar-refractivity contribution in [2.45, 2.75) is 38.6 Å². The number of hydrogen-bond acceptors (Lipinski definition) is 4. The van der Waals surface area contributed by atoms with E-state index in [2.05, 4.69) is 22.1 Å².